The Labute approximate surface area is 75.3 Å². The SMILES string of the molecule is O=C1O[C@H]2Cc3ccccc3[C@H]2O1. The lowest BCUT2D eigenvalue weighted by Gasteiger charge is -2.04. The average molecular weight is 176 g/mol. The first kappa shape index (κ1) is 6.95. The van der Waals surface area contributed by atoms with E-state index in [2.05, 4.69) is 0 Å². The third-order valence-electron chi connectivity index (χ3n) is 2.59. The highest BCUT2D eigenvalue weighted by molar-refractivity contribution is 5.64. The molecule has 66 valence electrons. The minimum atomic E-state index is -0.537. The molecule has 1 aromatic carbocycles. The smallest absolute Gasteiger partial charge is 0.426 e. The average Bonchev–Trinajstić information content (AvgIpc) is 2.60. The lowest BCUT2D eigenvalue weighted by Crippen LogP contribution is -2.08. The van der Waals surface area contributed by atoms with Crippen LogP contribution < -0.4 is 0 Å². The summed E-state index contributed by atoms with van der Waals surface area (Å²) in [6.45, 7) is 0. The highest BCUT2D eigenvalue weighted by Crippen LogP contribution is 2.40. The summed E-state index contributed by atoms with van der Waals surface area (Å²) in [5, 5.41) is 0. The van der Waals surface area contributed by atoms with E-state index in [1.165, 1.54) is 5.56 Å². The summed E-state index contributed by atoms with van der Waals surface area (Å²) < 4.78 is 10.1. The van der Waals surface area contributed by atoms with E-state index >= 15 is 0 Å². The van der Waals surface area contributed by atoms with Gasteiger partial charge >= 0.3 is 6.16 Å². The van der Waals surface area contributed by atoms with Crippen LogP contribution in [0.2, 0.25) is 0 Å². The van der Waals surface area contributed by atoms with Crippen LogP contribution in [0.4, 0.5) is 4.79 Å². The molecule has 0 bridgehead atoms. The zero-order valence-corrected chi connectivity index (χ0v) is 6.90. The summed E-state index contributed by atoms with van der Waals surface area (Å²) >= 11 is 0. The fraction of sp³-hybridized carbons (Fsp3) is 0.300. The fourth-order valence-corrected chi connectivity index (χ4v) is 2.02. The van der Waals surface area contributed by atoms with E-state index in [0.29, 0.717) is 0 Å². The van der Waals surface area contributed by atoms with Crippen molar-refractivity contribution in [2.75, 3.05) is 0 Å². The topological polar surface area (TPSA) is 35.5 Å². The van der Waals surface area contributed by atoms with Crippen LogP contribution in [0.5, 0.6) is 0 Å². The van der Waals surface area contributed by atoms with Gasteiger partial charge in [0.05, 0.1) is 0 Å². The molecule has 1 heterocycles. The predicted molar refractivity (Wildman–Crippen MR) is 44.2 cm³/mol. The summed E-state index contributed by atoms with van der Waals surface area (Å²) in [5.74, 6) is 0. The summed E-state index contributed by atoms with van der Waals surface area (Å²) in [6, 6.07) is 7.97. The second kappa shape index (κ2) is 2.25. The molecule has 1 aliphatic heterocycles. The largest absolute Gasteiger partial charge is 0.509 e. The van der Waals surface area contributed by atoms with Crippen molar-refractivity contribution in [3.8, 4) is 0 Å². The Morgan fingerprint density at radius 2 is 2.08 bits per heavy atom. The number of hydrogen-bond acceptors (Lipinski definition) is 3. The molecular weight excluding hydrogens is 168 g/mol. The van der Waals surface area contributed by atoms with Gasteiger partial charge in [-0.1, -0.05) is 24.3 Å². The minimum Gasteiger partial charge on any atom is -0.426 e. The van der Waals surface area contributed by atoms with Crippen molar-refractivity contribution >= 4 is 6.16 Å². The molecule has 1 fully saturated rings. The third-order valence-corrected chi connectivity index (χ3v) is 2.59. The number of hydrogen-bond donors (Lipinski definition) is 0. The molecule has 0 N–H and O–H groups in total. The van der Waals surface area contributed by atoms with Gasteiger partial charge in [0.1, 0.15) is 0 Å². The quantitative estimate of drug-likeness (QED) is 0.565. The molecule has 2 aliphatic rings. The van der Waals surface area contributed by atoms with Gasteiger partial charge in [0.25, 0.3) is 0 Å². The molecule has 0 aromatic heterocycles. The molecule has 1 aliphatic carbocycles. The van der Waals surface area contributed by atoms with Crippen LogP contribution in [-0.4, -0.2) is 12.3 Å². The number of benzene rings is 1. The van der Waals surface area contributed by atoms with E-state index in [9.17, 15) is 4.79 Å². The van der Waals surface area contributed by atoms with Crippen molar-refractivity contribution in [3.63, 3.8) is 0 Å². The third kappa shape index (κ3) is 0.869. The Bertz CT molecular complexity index is 372. The Kier molecular flexibility index (Phi) is 1.20. The maximum Gasteiger partial charge on any atom is 0.509 e. The molecule has 1 aromatic rings. The molecular formula is C10H8O3. The molecule has 0 radical (unpaired) electrons. The van der Waals surface area contributed by atoms with Crippen LogP contribution in [-0.2, 0) is 15.9 Å². The van der Waals surface area contributed by atoms with Gasteiger partial charge in [0.2, 0.25) is 0 Å². The summed E-state index contributed by atoms with van der Waals surface area (Å²) in [7, 11) is 0. The van der Waals surface area contributed by atoms with Crippen LogP contribution >= 0.6 is 0 Å². The molecule has 3 rings (SSSR count). The summed E-state index contributed by atoms with van der Waals surface area (Å²) in [4.78, 5) is 10.8. The van der Waals surface area contributed by atoms with Gasteiger partial charge < -0.3 is 9.47 Å². The van der Waals surface area contributed by atoms with E-state index in [1.54, 1.807) is 0 Å². The van der Waals surface area contributed by atoms with Crippen LogP contribution in [0.25, 0.3) is 0 Å². The van der Waals surface area contributed by atoms with Crippen molar-refractivity contribution in [2.45, 2.75) is 18.6 Å². The molecule has 0 saturated carbocycles. The fourth-order valence-electron chi connectivity index (χ4n) is 2.02. The molecule has 3 nitrogen and oxygen atoms in total. The van der Waals surface area contributed by atoms with E-state index in [4.69, 9.17) is 9.47 Å². The second-order valence-electron chi connectivity index (χ2n) is 3.35. The van der Waals surface area contributed by atoms with Crippen molar-refractivity contribution in [3.05, 3.63) is 35.4 Å². The predicted octanol–water partition coefficient (Wildman–Crippen LogP) is 1.82. The van der Waals surface area contributed by atoms with Crippen molar-refractivity contribution < 1.29 is 14.3 Å². The van der Waals surface area contributed by atoms with Gasteiger partial charge in [0, 0.05) is 6.42 Å². The van der Waals surface area contributed by atoms with E-state index in [-0.39, 0.29) is 12.2 Å². The summed E-state index contributed by atoms with van der Waals surface area (Å²) in [5.41, 5.74) is 2.32. The lowest BCUT2D eigenvalue weighted by molar-refractivity contribution is 0.114. The number of carbonyl (C=O) groups excluding carboxylic acids is 1. The van der Waals surface area contributed by atoms with Gasteiger partial charge in [-0.25, -0.2) is 4.79 Å². The monoisotopic (exact) mass is 176 g/mol. The maximum atomic E-state index is 10.8. The van der Waals surface area contributed by atoms with Gasteiger partial charge in [-0.2, -0.15) is 0 Å². The molecule has 13 heavy (non-hydrogen) atoms. The van der Waals surface area contributed by atoms with E-state index in [0.717, 1.165) is 12.0 Å². The van der Waals surface area contributed by atoms with Crippen LogP contribution in [0, 0.1) is 0 Å². The van der Waals surface area contributed by atoms with Crippen LogP contribution in [0.3, 0.4) is 0 Å². The molecule has 0 amide bonds. The first-order valence-electron chi connectivity index (χ1n) is 4.29. The molecule has 0 unspecified atom stereocenters. The molecule has 1 saturated heterocycles. The zero-order chi connectivity index (χ0) is 8.84. The van der Waals surface area contributed by atoms with Crippen molar-refractivity contribution in [1.82, 2.24) is 0 Å². The first-order valence-corrected chi connectivity index (χ1v) is 4.29. The van der Waals surface area contributed by atoms with Gasteiger partial charge in [-0.3, -0.25) is 0 Å². The molecule has 0 spiro atoms. The Hall–Kier alpha value is -1.51. The number of ether oxygens (including phenoxy) is 2. The van der Waals surface area contributed by atoms with Gasteiger partial charge in [-0.05, 0) is 11.1 Å². The van der Waals surface area contributed by atoms with Crippen LogP contribution in [0.1, 0.15) is 17.2 Å². The number of carbonyl (C=O) groups is 1. The van der Waals surface area contributed by atoms with E-state index < -0.39 is 6.16 Å². The minimum absolute atomic E-state index is 0.0927. The van der Waals surface area contributed by atoms with Gasteiger partial charge in [-0.15, -0.1) is 0 Å². The zero-order valence-electron chi connectivity index (χ0n) is 6.90. The van der Waals surface area contributed by atoms with Crippen LogP contribution in [0.15, 0.2) is 24.3 Å². The highest BCUT2D eigenvalue weighted by Gasteiger charge is 2.43. The van der Waals surface area contributed by atoms with Gasteiger partial charge in [0.15, 0.2) is 12.2 Å². The Balaban J connectivity index is 2.06. The normalized spacial score (nSPS) is 29.1. The van der Waals surface area contributed by atoms with Crippen molar-refractivity contribution in [1.29, 1.82) is 0 Å². The second-order valence-corrected chi connectivity index (χ2v) is 3.35. The number of rotatable bonds is 0. The molecule has 2 atom stereocenters. The highest BCUT2D eigenvalue weighted by atomic mass is 16.8. The maximum absolute atomic E-state index is 10.8. The lowest BCUT2D eigenvalue weighted by atomic mass is 10.1. The van der Waals surface area contributed by atoms with E-state index in [1.807, 2.05) is 24.3 Å². The van der Waals surface area contributed by atoms with Crippen molar-refractivity contribution in [2.24, 2.45) is 0 Å². The standard InChI is InChI=1S/C10H8O3/c11-10-12-8-5-6-3-1-2-4-7(6)9(8)13-10/h1-4,8-9H,5H2/t8-,9+/m0/s1. The Morgan fingerprint density at radius 3 is 3.00 bits per heavy atom. The first-order chi connectivity index (χ1) is 6.34. The molecule has 3 heteroatoms. The Morgan fingerprint density at radius 1 is 1.23 bits per heavy atom. The number of fused-ring (bicyclic) bond motifs is 3. The summed E-state index contributed by atoms with van der Waals surface area (Å²) in [6.07, 6.45) is -0.00912.